The van der Waals surface area contributed by atoms with Gasteiger partial charge in [-0.1, -0.05) is 18.2 Å². The molecule has 2 aromatic rings. The van der Waals surface area contributed by atoms with Crippen LogP contribution in [0.4, 0.5) is 5.69 Å². The average molecular weight is 327 g/mol. The molecule has 126 valence electrons. The van der Waals surface area contributed by atoms with E-state index >= 15 is 0 Å². The van der Waals surface area contributed by atoms with Crippen molar-refractivity contribution in [1.29, 1.82) is 0 Å². The first-order chi connectivity index (χ1) is 11.6. The number of carbonyl (C=O) groups excluding carboxylic acids is 2. The van der Waals surface area contributed by atoms with Crippen LogP contribution in [-0.4, -0.2) is 23.4 Å². The molecule has 0 aliphatic carbocycles. The Hall–Kier alpha value is -2.89. The number of pyridine rings is 1. The maximum Gasteiger partial charge on any atom is 0.226 e. The Morgan fingerprint density at radius 1 is 1.17 bits per heavy atom. The number of carbonyl (C=O) groups is 2. The molecule has 1 heterocycles. The summed E-state index contributed by atoms with van der Waals surface area (Å²) in [6.07, 6.45) is 3.31. The minimum atomic E-state index is -0.466. The molecule has 1 atom stereocenters. The molecule has 6 nitrogen and oxygen atoms in total. The summed E-state index contributed by atoms with van der Waals surface area (Å²) in [6, 6.07) is 10.3. The Bertz CT molecular complexity index is 689. The second-order valence-electron chi connectivity index (χ2n) is 5.21. The maximum atomic E-state index is 12.3. The second kappa shape index (κ2) is 8.67. The number of aromatic nitrogens is 1. The number of nitrogens with one attached hydrogen (secondary N) is 2. The number of benzene rings is 1. The standard InChI is InChI=1S/C18H21N3O3/c1-3-24-17-7-5-4-6-15(17)16(20-13(2)22)12-18(23)21-14-8-10-19-11-9-14/h4-11,16H,3,12H2,1-2H3,(H,20,22)(H,19,21,23)/t16-/m1/s1. The molecule has 24 heavy (non-hydrogen) atoms. The molecule has 2 amide bonds. The molecular weight excluding hydrogens is 306 g/mol. The Balaban J connectivity index is 2.16. The maximum absolute atomic E-state index is 12.3. The molecule has 0 spiro atoms. The van der Waals surface area contributed by atoms with Crippen molar-refractivity contribution in [2.75, 3.05) is 11.9 Å². The van der Waals surface area contributed by atoms with Crippen LogP contribution in [0.5, 0.6) is 5.75 Å². The average Bonchev–Trinajstić information content (AvgIpc) is 2.55. The van der Waals surface area contributed by atoms with Gasteiger partial charge >= 0.3 is 0 Å². The lowest BCUT2D eigenvalue weighted by Gasteiger charge is -2.21. The van der Waals surface area contributed by atoms with Gasteiger partial charge in [-0.2, -0.15) is 0 Å². The molecule has 2 rings (SSSR count). The molecule has 1 aromatic carbocycles. The largest absolute Gasteiger partial charge is 0.494 e. The van der Waals surface area contributed by atoms with E-state index in [0.29, 0.717) is 18.0 Å². The summed E-state index contributed by atoms with van der Waals surface area (Å²) >= 11 is 0. The van der Waals surface area contributed by atoms with E-state index in [1.165, 1.54) is 6.92 Å². The van der Waals surface area contributed by atoms with E-state index in [1.54, 1.807) is 24.5 Å². The van der Waals surface area contributed by atoms with E-state index in [2.05, 4.69) is 15.6 Å². The summed E-state index contributed by atoms with van der Waals surface area (Å²) in [6.45, 7) is 3.82. The molecule has 6 heteroatoms. The number of anilines is 1. The molecule has 0 aliphatic heterocycles. The lowest BCUT2D eigenvalue weighted by atomic mass is 10.0. The summed E-state index contributed by atoms with van der Waals surface area (Å²) in [4.78, 5) is 27.8. The minimum absolute atomic E-state index is 0.103. The number of hydrogen-bond acceptors (Lipinski definition) is 4. The highest BCUT2D eigenvalue weighted by atomic mass is 16.5. The zero-order chi connectivity index (χ0) is 17.4. The summed E-state index contributed by atoms with van der Waals surface area (Å²) in [7, 11) is 0. The monoisotopic (exact) mass is 327 g/mol. The van der Waals surface area contributed by atoms with E-state index in [1.807, 2.05) is 31.2 Å². The first kappa shape index (κ1) is 17.5. The summed E-state index contributed by atoms with van der Waals surface area (Å²) in [5, 5.41) is 5.62. The number of hydrogen-bond donors (Lipinski definition) is 2. The van der Waals surface area contributed by atoms with Gasteiger partial charge in [0, 0.05) is 30.6 Å². The van der Waals surface area contributed by atoms with Crippen molar-refractivity contribution < 1.29 is 14.3 Å². The lowest BCUT2D eigenvalue weighted by Crippen LogP contribution is -2.30. The van der Waals surface area contributed by atoms with Crippen molar-refractivity contribution in [3.05, 3.63) is 54.4 Å². The van der Waals surface area contributed by atoms with E-state index in [0.717, 1.165) is 5.56 Å². The van der Waals surface area contributed by atoms with Crippen LogP contribution in [0, 0.1) is 0 Å². The highest BCUT2D eigenvalue weighted by molar-refractivity contribution is 5.91. The van der Waals surface area contributed by atoms with Gasteiger partial charge in [0.05, 0.1) is 19.1 Å². The quantitative estimate of drug-likeness (QED) is 0.819. The van der Waals surface area contributed by atoms with Crippen molar-refractivity contribution in [2.24, 2.45) is 0 Å². The summed E-state index contributed by atoms with van der Waals surface area (Å²) < 4.78 is 5.61. The number of nitrogens with zero attached hydrogens (tertiary/aromatic N) is 1. The lowest BCUT2D eigenvalue weighted by molar-refractivity contribution is -0.120. The van der Waals surface area contributed by atoms with Gasteiger partial charge in [-0.3, -0.25) is 14.6 Å². The molecule has 0 saturated heterocycles. The van der Waals surface area contributed by atoms with Crippen molar-refractivity contribution in [1.82, 2.24) is 10.3 Å². The SMILES string of the molecule is CCOc1ccccc1[C@@H](CC(=O)Nc1ccncc1)NC(C)=O. The Morgan fingerprint density at radius 2 is 1.88 bits per heavy atom. The minimum Gasteiger partial charge on any atom is -0.494 e. The van der Waals surface area contributed by atoms with Crippen molar-refractivity contribution >= 4 is 17.5 Å². The molecule has 0 radical (unpaired) electrons. The van der Waals surface area contributed by atoms with E-state index in [9.17, 15) is 9.59 Å². The van der Waals surface area contributed by atoms with Crippen molar-refractivity contribution in [3.8, 4) is 5.75 Å². The molecule has 1 aromatic heterocycles. The zero-order valence-corrected chi connectivity index (χ0v) is 13.8. The van der Waals surface area contributed by atoms with Crippen LogP contribution >= 0.6 is 0 Å². The third-order valence-corrected chi connectivity index (χ3v) is 3.33. The molecule has 0 aliphatic rings. The van der Waals surface area contributed by atoms with E-state index in [-0.39, 0.29) is 18.2 Å². The van der Waals surface area contributed by atoms with Gasteiger partial charge in [0.25, 0.3) is 0 Å². The van der Waals surface area contributed by atoms with Crippen molar-refractivity contribution in [2.45, 2.75) is 26.3 Å². The van der Waals surface area contributed by atoms with Gasteiger partial charge in [-0.25, -0.2) is 0 Å². The fourth-order valence-electron chi connectivity index (χ4n) is 2.37. The smallest absolute Gasteiger partial charge is 0.226 e. The van der Waals surface area contributed by atoms with Crippen LogP contribution in [0.25, 0.3) is 0 Å². The highest BCUT2D eigenvalue weighted by Crippen LogP contribution is 2.27. The second-order valence-corrected chi connectivity index (χ2v) is 5.21. The zero-order valence-electron chi connectivity index (χ0n) is 13.8. The van der Waals surface area contributed by atoms with Gasteiger partial charge in [-0.15, -0.1) is 0 Å². The first-order valence-corrected chi connectivity index (χ1v) is 7.79. The fraction of sp³-hybridized carbons (Fsp3) is 0.278. The van der Waals surface area contributed by atoms with Crippen LogP contribution < -0.4 is 15.4 Å². The van der Waals surface area contributed by atoms with Gasteiger partial charge < -0.3 is 15.4 Å². The number of para-hydroxylation sites is 1. The van der Waals surface area contributed by atoms with E-state index < -0.39 is 6.04 Å². The molecule has 2 N–H and O–H groups in total. The predicted octanol–water partition coefficient (Wildman–Crippen LogP) is 2.69. The Morgan fingerprint density at radius 3 is 2.54 bits per heavy atom. The molecule has 0 saturated carbocycles. The predicted molar refractivity (Wildman–Crippen MR) is 91.7 cm³/mol. The Kier molecular flexibility index (Phi) is 6.31. The Labute approximate surface area is 141 Å². The van der Waals surface area contributed by atoms with Crippen LogP contribution in [-0.2, 0) is 9.59 Å². The van der Waals surface area contributed by atoms with Gasteiger partial charge in [0.2, 0.25) is 11.8 Å². The fourth-order valence-corrected chi connectivity index (χ4v) is 2.37. The third kappa shape index (κ3) is 5.08. The van der Waals surface area contributed by atoms with Gasteiger partial charge in [0.15, 0.2) is 0 Å². The normalized spacial score (nSPS) is 11.4. The van der Waals surface area contributed by atoms with Crippen molar-refractivity contribution in [3.63, 3.8) is 0 Å². The topological polar surface area (TPSA) is 80.3 Å². The molecule has 0 fully saturated rings. The third-order valence-electron chi connectivity index (χ3n) is 3.33. The van der Waals surface area contributed by atoms with Gasteiger partial charge in [-0.05, 0) is 25.1 Å². The van der Waals surface area contributed by atoms with Gasteiger partial charge in [0.1, 0.15) is 5.75 Å². The highest BCUT2D eigenvalue weighted by Gasteiger charge is 2.20. The molecular formula is C18H21N3O3. The molecule has 0 unspecified atom stereocenters. The summed E-state index contributed by atoms with van der Waals surface area (Å²) in [5.74, 6) is 0.254. The summed E-state index contributed by atoms with van der Waals surface area (Å²) in [5.41, 5.74) is 1.44. The first-order valence-electron chi connectivity index (χ1n) is 7.79. The number of amides is 2. The number of rotatable bonds is 7. The number of ether oxygens (including phenoxy) is 1. The molecule has 0 bridgehead atoms. The van der Waals surface area contributed by atoms with E-state index in [4.69, 9.17) is 4.74 Å². The van der Waals surface area contributed by atoms with Crippen LogP contribution in [0.1, 0.15) is 31.9 Å². The van der Waals surface area contributed by atoms with Crippen LogP contribution in [0.3, 0.4) is 0 Å². The van der Waals surface area contributed by atoms with Crippen LogP contribution in [0.2, 0.25) is 0 Å². The van der Waals surface area contributed by atoms with Crippen LogP contribution in [0.15, 0.2) is 48.8 Å².